The lowest BCUT2D eigenvalue weighted by atomic mass is 10.2. The quantitative estimate of drug-likeness (QED) is 0.578. The Morgan fingerprint density at radius 2 is 1.22 bits per heavy atom. The zero-order chi connectivity index (χ0) is 16.5. The van der Waals surface area contributed by atoms with E-state index in [0.29, 0.717) is 0 Å². The molecule has 0 aromatic carbocycles. The summed E-state index contributed by atoms with van der Waals surface area (Å²) in [5.41, 5.74) is 0. The van der Waals surface area contributed by atoms with Gasteiger partial charge in [-0.2, -0.15) is 0 Å². The van der Waals surface area contributed by atoms with Gasteiger partial charge in [-0.1, -0.05) is 13.3 Å². The zero-order valence-electron chi connectivity index (χ0n) is 15.3. The molecule has 0 aromatic rings. The van der Waals surface area contributed by atoms with Gasteiger partial charge >= 0.3 is 0 Å². The molecule has 2 aliphatic rings. The highest BCUT2D eigenvalue weighted by Gasteiger charge is 2.11. The minimum atomic E-state index is 1.05. The van der Waals surface area contributed by atoms with Crippen molar-refractivity contribution in [1.29, 1.82) is 0 Å². The predicted molar refractivity (Wildman–Crippen MR) is 97.5 cm³/mol. The molecule has 0 saturated heterocycles. The summed E-state index contributed by atoms with van der Waals surface area (Å²) in [6, 6.07) is 0. The maximum absolute atomic E-state index is 2.66. The maximum Gasteiger partial charge on any atom is 0.0890 e. The maximum atomic E-state index is 2.66. The van der Waals surface area contributed by atoms with Gasteiger partial charge < -0.3 is 24.5 Å². The predicted octanol–water partition coefficient (Wildman–Crippen LogP) is 2.22. The first-order chi connectivity index (χ1) is 11.2. The molecule has 0 radical (unpaired) electrons. The van der Waals surface area contributed by atoms with E-state index in [1.165, 1.54) is 58.4 Å². The van der Waals surface area contributed by atoms with E-state index in [1.54, 1.807) is 0 Å². The minimum absolute atomic E-state index is 1.05. The summed E-state index contributed by atoms with van der Waals surface area (Å²) in [7, 11) is 4.27. The lowest BCUT2D eigenvalue weighted by Crippen LogP contribution is -2.32. The van der Waals surface area contributed by atoms with Crippen molar-refractivity contribution in [3.8, 4) is 0 Å². The van der Waals surface area contributed by atoms with Crippen molar-refractivity contribution >= 4 is 0 Å². The van der Waals surface area contributed by atoms with E-state index in [-0.39, 0.29) is 0 Å². The van der Waals surface area contributed by atoms with Crippen LogP contribution in [0, 0.1) is 0 Å². The van der Waals surface area contributed by atoms with Crippen molar-refractivity contribution < 1.29 is 0 Å². The van der Waals surface area contributed by atoms with Gasteiger partial charge in [-0.3, -0.25) is 0 Å². The van der Waals surface area contributed by atoms with Crippen LogP contribution in [0.15, 0.2) is 24.8 Å². The second-order valence-electron chi connectivity index (χ2n) is 6.92. The summed E-state index contributed by atoms with van der Waals surface area (Å²) in [5.74, 6) is 0. The third-order valence-corrected chi connectivity index (χ3v) is 4.54. The van der Waals surface area contributed by atoms with Gasteiger partial charge in [0, 0.05) is 52.0 Å². The van der Waals surface area contributed by atoms with E-state index in [0.717, 1.165) is 13.3 Å². The highest BCUT2D eigenvalue weighted by atomic mass is 15.3. The largest absolute Gasteiger partial charge is 0.362 e. The van der Waals surface area contributed by atoms with E-state index >= 15 is 0 Å². The van der Waals surface area contributed by atoms with E-state index in [1.807, 2.05) is 0 Å². The first-order valence-corrected chi connectivity index (χ1v) is 9.15. The van der Waals surface area contributed by atoms with Gasteiger partial charge in [0.15, 0.2) is 0 Å². The summed E-state index contributed by atoms with van der Waals surface area (Å²) in [5, 5.41) is 0. The summed E-state index contributed by atoms with van der Waals surface area (Å²) in [4.78, 5) is 11.9. The van der Waals surface area contributed by atoms with Crippen molar-refractivity contribution in [2.24, 2.45) is 0 Å². The molecule has 5 heteroatoms. The minimum Gasteiger partial charge on any atom is -0.362 e. The summed E-state index contributed by atoms with van der Waals surface area (Å²) in [6.07, 6.45) is 13.9. The van der Waals surface area contributed by atoms with Crippen molar-refractivity contribution in [3.05, 3.63) is 24.8 Å². The molecular weight excluding hydrogens is 286 g/mol. The second-order valence-corrected chi connectivity index (χ2v) is 6.92. The number of hydrogen-bond acceptors (Lipinski definition) is 5. The molecule has 0 fully saturated rings. The van der Waals surface area contributed by atoms with E-state index in [4.69, 9.17) is 0 Å². The van der Waals surface area contributed by atoms with E-state index in [2.05, 4.69) is 70.3 Å². The van der Waals surface area contributed by atoms with Crippen LogP contribution in [0.1, 0.15) is 32.6 Å². The molecule has 2 heterocycles. The standard InChI is InChI=1S/C18H35N5/c1-4-5-8-21(9-6-11-22-15-13-19(2)17-22)10-7-12-23-16-14-20(3)18-23/h13-16H,4-12,17-18H2,1-3H3. The molecule has 2 aliphatic heterocycles. The van der Waals surface area contributed by atoms with E-state index < -0.39 is 0 Å². The Balaban J connectivity index is 1.60. The van der Waals surface area contributed by atoms with Crippen LogP contribution in [0.25, 0.3) is 0 Å². The average molecular weight is 322 g/mol. The second kappa shape index (κ2) is 9.71. The molecule has 132 valence electrons. The number of hydrogen-bond donors (Lipinski definition) is 0. The van der Waals surface area contributed by atoms with Gasteiger partial charge in [-0.15, -0.1) is 0 Å². The topological polar surface area (TPSA) is 16.2 Å². The van der Waals surface area contributed by atoms with Crippen LogP contribution in [-0.4, -0.2) is 84.7 Å². The SMILES string of the molecule is CCCCN(CCCN1C=CN(C)C1)CCCN1C=CN(C)C1. The molecule has 0 aliphatic carbocycles. The Bertz CT molecular complexity index is 350. The van der Waals surface area contributed by atoms with Crippen LogP contribution in [0.4, 0.5) is 0 Å². The highest BCUT2D eigenvalue weighted by molar-refractivity contribution is 4.89. The number of unbranched alkanes of at least 4 members (excludes halogenated alkanes) is 1. The Hall–Kier alpha value is -1.36. The first kappa shape index (κ1) is 18.0. The summed E-state index contributed by atoms with van der Waals surface area (Å²) in [6.45, 7) is 10.4. The lowest BCUT2D eigenvalue weighted by molar-refractivity contribution is 0.221. The molecule has 0 saturated carbocycles. The molecule has 23 heavy (non-hydrogen) atoms. The summed E-state index contributed by atoms with van der Waals surface area (Å²) < 4.78 is 0. The van der Waals surface area contributed by atoms with Crippen LogP contribution in [0.5, 0.6) is 0 Å². The molecule has 0 bridgehead atoms. The average Bonchev–Trinajstić information content (AvgIpc) is 3.13. The van der Waals surface area contributed by atoms with Crippen LogP contribution in [0.2, 0.25) is 0 Å². The number of nitrogens with zero attached hydrogens (tertiary/aromatic N) is 5. The van der Waals surface area contributed by atoms with Crippen molar-refractivity contribution in [1.82, 2.24) is 24.5 Å². The third kappa shape index (κ3) is 6.73. The van der Waals surface area contributed by atoms with Gasteiger partial charge in [0.05, 0.1) is 13.3 Å². The third-order valence-electron chi connectivity index (χ3n) is 4.54. The van der Waals surface area contributed by atoms with Gasteiger partial charge in [0.1, 0.15) is 0 Å². The molecule has 5 nitrogen and oxygen atoms in total. The zero-order valence-corrected chi connectivity index (χ0v) is 15.3. The number of rotatable bonds is 11. The molecule has 0 unspecified atom stereocenters. The molecule has 0 amide bonds. The van der Waals surface area contributed by atoms with Crippen molar-refractivity contribution in [2.45, 2.75) is 32.6 Å². The fraction of sp³-hybridized carbons (Fsp3) is 0.778. The molecular formula is C18H35N5. The lowest BCUT2D eigenvalue weighted by Gasteiger charge is -2.25. The monoisotopic (exact) mass is 321 g/mol. The van der Waals surface area contributed by atoms with Crippen LogP contribution >= 0.6 is 0 Å². The van der Waals surface area contributed by atoms with Gasteiger partial charge in [0.25, 0.3) is 0 Å². The molecule has 2 rings (SSSR count). The normalized spacial score (nSPS) is 17.4. The fourth-order valence-corrected chi connectivity index (χ4v) is 3.18. The van der Waals surface area contributed by atoms with Crippen LogP contribution in [-0.2, 0) is 0 Å². The molecule has 0 N–H and O–H groups in total. The smallest absolute Gasteiger partial charge is 0.0890 e. The Morgan fingerprint density at radius 1 is 0.739 bits per heavy atom. The Morgan fingerprint density at radius 3 is 1.61 bits per heavy atom. The van der Waals surface area contributed by atoms with E-state index in [9.17, 15) is 0 Å². The fourth-order valence-electron chi connectivity index (χ4n) is 3.18. The van der Waals surface area contributed by atoms with Gasteiger partial charge in [-0.25, -0.2) is 0 Å². The van der Waals surface area contributed by atoms with Crippen molar-refractivity contribution in [3.63, 3.8) is 0 Å². The first-order valence-electron chi connectivity index (χ1n) is 9.15. The Kier molecular flexibility index (Phi) is 7.59. The molecule has 0 atom stereocenters. The van der Waals surface area contributed by atoms with Gasteiger partial charge in [0.2, 0.25) is 0 Å². The Labute approximate surface area is 142 Å². The van der Waals surface area contributed by atoms with Crippen LogP contribution < -0.4 is 0 Å². The van der Waals surface area contributed by atoms with Gasteiger partial charge in [-0.05, 0) is 38.9 Å². The van der Waals surface area contributed by atoms with Crippen LogP contribution in [0.3, 0.4) is 0 Å². The molecule has 0 spiro atoms. The highest BCUT2D eigenvalue weighted by Crippen LogP contribution is 2.07. The summed E-state index contributed by atoms with van der Waals surface area (Å²) >= 11 is 0. The molecule has 0 aromatic heterocycles. The van der Waals surface area contributed by atoms with Crippen molar-refractivity contribution in [2.75, 3.05) is 60.2 Å².